The molecule has 8 heteroatoms. The zero-order valence-electron chi connectivity index (χ0n) is 24.3. The Kier molecular flexibility index (Phi) is 9.00. The van der Waals surface area contributed by atoms with Crippen LogP contribution >= 0.6 is 0 Å². The van der Waals surface area contributed by atoms with Crippen molar-refractivity contribution >= 4 is 48.6 Å². The van der Waals surface area contributed by atoms with Crippen molar-refractivity contribution in [3.8, 4) is 46.0 Å². The van der Waals surface area contributed by atoms with Gasteiger partial charge in [-0.1, -0.05) is 48.6 Å². The fourth-order valence-corrected chi connectivity index (χ4v) is 4.85. The average molecular weight is 615 g/mol. The van der Waals surface area contributed by atoms with Crippen molar-refractivity contribution in [3.63, 3.8) is 0 Å². The van der Waals surface area contributed by atoms with Crippen molar-refractivity contribution in [1.82, 2.24) is 0 Å². The minimum atomic E-state index is -0.0973. The molecule has 0 radical (unpaired) electrons. The summed E-state index contributed by atoms with van der Waals surface area (Å²) in [6, 6.07) is 20.7. The lowest BCUT2D eigenvalue weighted by atomic mass is 9.95. The predicted molar refractivity (Wildman–Crippen MR) is 181 cm³/mol. The lowest BCUT2D eigenvalue weighted by molar-refractivity contribution is 0.449. The van der Waals surface area contributed by atoms with Gasteiger partial charge in [-0.3, -0.25) is 0 Å². The highest BCUT2D eigenvalue weighted by molar-refractivity contribution is 5.87. The van der Waals surface area contributed by atoms with E-state index < -0.39 is 0 Å². The Hall–Kier alpha value is -6.54. The van der Waals surface area contributed by atoms with Gasteiger partial charge >= 0.3 is 0 Å². The van der Waals surface area contributed by atoms with Crippen LogP contribution in [0.2, 0.25) is 0 Å². The van der Waals surface area contributed by atoms with Crippen LogP contribution < -0.4 is 0 Å². The number of aromatic hydroxyl groups is 8. The largest absolute Gasteiger partial charge is 0.508 e. The van der Waals surface area contributed by atoms with Gasteiger partial charge in [0.15, 0.2) is 0 Å². The SMILES string of the molecule is Oc1cc(O)cc(/C=C/c2cc(/C=C/c3cc(O)cc(O)c3)c(/C=C/c3cc(O)cc(O)c3)cc2/C=C/c2cc(O)cc(O)c2)c1. The summed E-state index contributed by atoms with van der Waals surface area (Å²) in [6.07, 6.45) is 14.1. The maximum absolute atomic E-state index is 9.96. The summed E-state index contributed by atoms with van der Waals surface area (Å²) in [5.74, 6) is -0.778. The molecule has 5 aromatic rings. The molecule has 0 bridgehead atoms. The maximum atomic E-state index is 9.96. The van der Waals surface area contributed by atoms with Crippen LogP contribution in [0.5, 0.6) is 46.0 Å². The quantitative estimate of drug-likeness (QED) is 0.0815. The van der Waals surface area contributed by atoms with E-state index in [1.165, 1.54) is 72.8 Å². The fourth-order valence-electron chi connectivity index (χ4n) is 4.85. The number of hydrogen-bond acceptors (Lipinski definition) is 8. The van der Waals surface area contributed by atoms with E-state index in [0.29, 0.717) is 44.5 Å². The summed E-state index contributed by atoms with van der Waals surface area (Å²) in [5.41, 5.74) is 5.05. The number of hydrogen-bond donors (Lipinski definition) is 8. The third kappa shape index (κ3) is 8.30. The molecule has 230 valence electrons. The van der Waals surface area contributed by atoms with Gasteiger partial charge in [-0.25, -0.2) is 0 Å². The van der Waals surface area contributed by atoms with E-state index in [4.69, 9.17) is 0 Å². The highest BCUT2D eigenvalue weighted by Crippen LogP contribution is 2.30. The Morgan fingerprint density at radius 2 is 0.391 bits per heavy atom. The van der Waals surface area contributed by atoms with Crippen LogP contribution in [0.3, 0.4) is 0 Å². The Morgan fingerprint density at radius 3 is 0.565 bits per heavy atom. The van der Waals surface area contributed by atoms with Crippen LogP contribution in [-0.2, 0) is 0 Å². The van der Waals surface area contributed by atoms with Gasteiger partial charge in [0.2, 0.25) is 0 Å². The zero-order valence-corrected chi connectivity index (χ0v) is 24.3. The third-order valence-corrected chi connectivity index (χ3v) is 6.81. The molecule has 0 fully saturated rings. The summed E-state index contributed by atoms with van der Waals surface area (Å²) >= 11 is 0. The van der Waals surface area contributed by atoms with Crippen molar-refractivity contribution < 1.29 is 40.9 Å². The van der Waals surface area contributed by atoms with Gasteiger partial charge in [-0.15, -0.1) is 0 Å². The Labute approximate surface area is 264 Å². The molecule has 0 aromatic heterocycles. The topological polar surface area (TPSA) is 162 Å². The Morgan fingerprint density at radius 1 is 0.217 bits per heavy atom. The van der Waals surface area contributed by atoms with Crippen LogP contribution in [0.1, 0.15) is 44.5 Å². The summed E-state index contributed by atoms with van der Waals surface area (Å²) in [5, 5.41) is 79.6. The van der Waals surface area contributed by atoms with Gasteiger partial charge in [0.05, 0.1) is 0 Å². The molecule has 0 unspecified atom stereocenters. The first-order valence-corrected chi connectivity index (χ1v) is 14.0. The van der Waals surface area contributed by atoms with Gasteiger partial charge in [0.1, 0.15) is 46.0 Å². The second-order valence-electron chi connectivity index (χ2n) is 10.6. The Bertz CT molecular complexity index is 1670. The molecule has 0 aliphatic rings. The Balaban J connectivity index is 1.67. The molecule has 0 heterocycles. The lowest BCUT2D eigenvalue weighted by Gasteiger charge is -2.10. The van der Waals surface area contributed by atoms with Crippen molar-refractivity contribution in [3.05, 3.63) is 129 Å². The molecule has 0 atom stereocenters. The molecule has 0 aliphatic carbocycles. The van der Waals surface area contributed by atoms with E-state index in [2.05, 4.69) is 0 Å². The summed E-state index contributed by atoms with van der Waals surface area (Å²) in [4.78, 5) is 0. The molecular formula is C38H30O8. The van der Waals surface area contributed by atoms with E-state index >= 15 is 0 Å². The molecule has 0 saturated carbocycles. The van der Waals surface area contributed by atoms with Crippen LogP contribution in [0.25, 0.3) is 48.6 Å². The zero-order chi connectivity index (χ0) is 32.8. The summed E-state index contributed by atoms with van der Waals surface area (Å²) in [6.45, 7) is 0. The predicted octanol–water partition coefficient (Wildman–Crippen LogP) is 8.01. The third-order valence-electron chi connectivity index (χ3n) is 6.81. The standard InChI is InChI=1S/C38H30O8/c39-31-9-23(10-32(40)19-31)1-5-27-17-29(7-3-25-13-35(43)21-36(44)14-25)30(8-4-26-15-37(45)22-38(46)16-26)18-28(27)6-2-24-11-33(41)20-34(42)12-24/h1-22,39-46H/b5-1+,6-2+,7-3+,8-4+. The first kappa shape index (κ1) is 30.9. The molecule has 8 nitrogen and oxygen atoms in total. The fraction of sp³-hybridized carbons (Fsp3) is 0. The van der Waals surface area contributed by atoms with Crippen LogP contribution in [-0.4, -0.2) is 40.9 Å². The molecular weight excluding hydrogens is 584 g/mol. The first-order valence-electron chi connectivity index (χ1n) is 14.0. The number of phenolic OH excluding ortho intramolecular Hbond substituents is 8. The van der Waals surface area contributed by atoms with Crippen molar-refractivity contribution in [2.24, 2.45) is 0 Å². The molecule has 0 aliphatic heterocycles. The molecule has 5 rings (SSSR count). The lowest BCUT2D eigenvalue weighted by Crippen LogP contribution is -1.89. The van der Waals surface area contributed by atoms with E-state index in [-0.39, 0.29) is 46.0 Å². The van der Waals surface area contributed by atoms with Crippen molar-refractivity contribution in [1.29, 1.82) is 0 Å². The highest BCUT2D eigenvalue weighted by atomic mass is 16.3. The summed E-state index contributed by atoms with van der Waals surface area (Å²) in [7, 11) is 0. The van der Waals surface area contributed by atoms with Crippen LogP contribution in [0.15, 0.2) is 84.9 Å². The van der Waals surface area contributed by atoms with Gasteiger partial charge < -0.3 is 40.9 Å². The van der Waals surface area contributed by atoms with Crippen molar-refractivity contribution in [2.75, 3.05) is 0 Å². The molecule has 0 amide bonds. The van der Waals surface area contributed by atoms with Crippen molar-refractivity contribution in [2.45, 2.75) is 0 Å². The monoisotopic (exact) mass is 614 g/mol. The van der Waals surface area contributed by atoms with E-state index in [1.54, 1.807) is 48.6 Å². The van der Waals surface area contributed by atoms with Gasteiger partial charge in [-0.2, -0.15) is 0 Å². The van der Waals surface area contributed by atoms with Gasteiger partial charge in [0, 0.05) is 24.3 Å². The van der Waals surface area contributed by atoms with Crippen LogP contribution in [0, 0.1) is 0 Å². The normalized spacial score (nSPS) is 11.8. The number of rotatable bonds is 8. The molecule has 46 heavy (non-hydrogen) atoms. The minimum Gasteiger partial charge on any atom is -0.508 e. The number of benzene rings is 5. The second kappa shape index (κ2) is 13.4. The van der Waals surface area contributed by atoms with Crippen LogP contribution in [0.4, 0.5) is 0 Å². The molecule has 0 spiro atoms. The second-order valence-corrected chi connectivity index (χ2v) is 10.6. The van der Waals surface area contributed by atoms with E-state index in [9.17, 15) is 40.9 Å². The van der Waals surface area contributed by atoms with Gasteiger partial charge in [-0.05, 0) is 105 Å². The summed E-state index contributed by atoms with van der Waals surface area (Å²) < 4.78 is 0. The molecule has 0 saturated heterocycles. The highest BCUT2D eigenvalue weighted by Gasteiger charge is 2.07. The van der Waals surface area contributed by atoms with E-state index in [1.807, 2.05) is 12.1 Å². The molecule has 8 N–H and O–H groups in total. The van der Waals surface area contributed by atoms with Gasteiger partial charge in [0.25, 0.3) is 0 Å². The minimum absolute atomic E-state index is 0.0973. The maximum Gasteiger partial charge on any atom is 0.119 e. The number of phenols is 8. The average Bonchev–Trinajstić information content (AvgIpc) is 2.95. The van der Waals surface area contributed by atoms with E-state index in [0.717, 1.165) is 0 Å². The molecule has 5 aromatic carbocycles. The first-order chi connectivity index (χ1) is 22.0. The smallest absolute Gasteiger partial charge is 0.119 e.